The summed E-state index contributed by atoms with van der Waals surface area (Å²) < 4.78 is 5.07. The first-order chi connectivity index (χ1) is 15.1. The summed E-state index contributed by atoms with van der Waals surface area (Å²) in [5.41, 5.74) is 3.38. The van der Waals surface area contributed by atoms with Crippen LogP contribution in [0.15, 0.2) is 59.7 Å². The normalized spacial score (nSPS) is 11.9. The molecule has 1 unspecified atom stereocenters. The number of rotatable bonds is 13. The minimum absolute atomic E-state index is 0.0168. The van der Waals surface area contributed by atoms with E-state index in [4.69, 9.17) is 10.6 Å². The first-order valence-electron chi connectivity index (χ1n) is 10.9. The Hall–Kier alpha value is -3.15. The first-order valence-corrected chi connectivity index (χ1v) is 10.9. The molecule has 0 fully saturated rings. The Morgan fingerprint density at radius 1 is 1.03 bits per heavy atom. The lowest BCUT2D eigenvalue weighted by molar-refractivity contribution is -0.143. The van der Waals surface area contributed by atoms with Crippen molar-refractivity contribution in [2.75, 3.05) is 6.61 Å². The van der Waals surface area contributed by atoms with Gasteiger partial charge in [-0.05, 0) is 55.7 Å². The van der Waals surface area contributed by atoms with Crippen molar-refractivity contribution in [3.8, 4) is 0 Å². The minimum Gasteiger partial charge on any atom is -0.466 e. The van der Waals surface area contributed by atoms with E-state index in [9.17, 15) is 9.59 Å². The van der Waals surface area contributed by atoms with Crippen molar-refractivity contribution in [1.29, 1.82) is 0 Å². The Balaban J connectivity index is 1.76. The molecular weight excluding hydrogens is 390 g/mol. The van der Waals surface area contributed by atoms with Crippen molar-refractivity contribution in [2.45, 2.75) is 57.9 Å². The summed E-state index contributed by atoms with van der Waals surface area (Å²) in [6.07, 6.45) is 6.38. The van der Waals surface area contributed by atoms with E-state index < -0.39 is 0 Å². The highest BCUT2D eigenvalue weighted by Gasteiger charge is 2.17. The lowest BCUT2D eigenvalue weighted by Gasteiger charge is -2.18. The molecule has 1 atom stereocenters. The number of carbonyl (C=O) groups excluding carboxylic acids is 2. The van der Waals surface area contributed by atoms with Gasteiger partial charge in [0.25, 0.3) is 0 Å². The lowest BCUT2D eigenvalue weighted by atomic mass is 10.0. The number of carbonyl (C=O) groups is 2. The van der Waals surface area contributed by atoms with Gasteiger partial charge in [0, 0.05) is 12.5 Å². The van der Waals surface area contributed by atoms with Gasteiger partial charge in [-0.3, -0.25) is 9.59 Å². The van der Waals surface area contributed by atoms with Gasteiger partial charge >= 0.3 is 5.97 Å². The molecule has 6 heteroatoms. The molecule has 0 bridgehead atoms. The van der Waals surface area contributed by atoms with Gasteiger partial charge in [0.2, 0.25) is 5.91 Å². The maximum absolute atomic E-state index is 12.4. The number of hydrazone groups is 1. The molecule has 0 saturated heterocycles. The second kappa shape index (κ2) is 14.0. The number of ether oxygens (including phenoxy) is 1. The van der Waals surface area contributed by atoms with Crippen molar-refractivity contribution < 1.29 is 14.3 Å². The lowest BCUT2D eigenvalue weighted by Crippen LogP contribution is -2.37. The fraction of sp³-hybridized carbons (Fsp3) is 0.400. The SMILES string of the molecule is CCOC(=O)CC(CCc1ccccc1)NC(=O)CCCCc1ccc(C=NN)cc1. The van der Waals surface area contributed by atoms with E-state index >= 15 is 0 Å². The monoisotopic (exact) mass is 423 g/mol. The number of benzene rings is 2. The van der Waals surface area contributed by atoms with Gasteiger partial charge in [0.15, 0.2) is 0 Å². The van der Waals surface area contributed by atoms with Crippen LogP contribution >= 0.6 is 0 Å². The standard InChI is InChI=1S/C25H33N3O3/c1-2-31-25(30)18-23(17-16-20-8-4-3-5-9-20)28-24(29)11-7-6-10-21-12-14-22(15-13-21)19-27-26/h3-5,8-9,12-15,19,23H,2,6-7,10-11,16-18,26H2,1H3,(H,28,29). The number of unbranched alkanes of at least 4 members (excludes halogenated alkanes) is 1. The summed E-state index contributed by atoms with van der Waals surface area (Å²) >= 11 is 0. The van der Waals surface area contributed by atoms with Crippen LogP contribution in [0, 0.1) is 0 Å². The second-order valence-electron chi connectivity index (χ2n) is 7.52. The summed E-state index contributed by atoms with van der Waals surface area (Å²) in [5.74, 6) is 4.86. The fourth-order valence-corrected chi connectivity index (χ4v) is 3.40. The summed E-state index contributed by atoms with van der Waals surface area (Å²) in [5, 5.41) is 6.54. The number of nitrogens with one attached hydrogen (secondary N) is 1. The Labute approximate surface area is 184 Å². The summed E-state index contributed by atoms with van der Waals surface area (Å²) in [7, 11) is 0. The highest BCUT2D eigenvalue weighted by atomic mass is 16.5. The molecule has 0 saturated carbocycles. The van der Waals surface area contributed by atoms with Crippen LogP contribution in [0.4, 0.5) is 0 Å². The molecule has 0 radical (unpaired) electrons. The van der Waals surface area contributed by atoms with Crippen molar-refractivity contribution in [3.05, 3.63) is 71.3 Å². The van der Waals surface area contributed by atoms with Crippen molar-refractivity contribution in [3.63, 3.8) is 0 Å². The van der Waals surface area contributed by atoms with Gasteiger partial charge in [-0.25, -0.2) is 0 Å². The molecule has 31 heavy (non-hydrogen) atoms. The molecular formula is C25H33N3O3. The number of nitrogens with two attached hydrogens (primary N) is 1. The van der Waals surface area contributed by atoms with Crippen LogP contribution < -0.4 is 11.2 Å². The molecule has 0 spiro atoms. The van der Waals surface area contributed by atoms with Crippen LogP contribution in [0.5, 0.6) is 0 Å². The van der Waals surface area contributed by atoms with E-state index in [0.717, 1.165) is 31.2 Å². The average molecular weight is 424 g/mol. The molecule has 0 aliphatic rings. The molecule has 2 aromatic rings. The molecule has 3 N–H and O–H groups in total. The van der Waals surface area contributed by atoms with Crippen LogP contribution in [-0.4, -0.2) is 30.7 Å². The van der Waals surface area contributed by atoms with Crippen molar-refractivity contribution >= 4 is 18.1 Å². The molecule has 2 aromatic carbocycles. The third-order valence-corrected chi connectivity index (χ3v) is 5.03. The number of amides is 1. The van der Waals surface area contributed by atoms with Crippen LogP contribution in [0.25, 0.3) is 0 Å². The minimum atomic E-state index is -0.274. The molecule has 0 aliphatic heterocycles. The van der Waals surface area contributed by atoms with Crippen molar-refractivity contribution in [2.24, 2.45) is 10.9 Å². The zero-order chi connectivity index (χ0) is 22.3. The molecule has 2 rings (SSSR count). The Kier molecular flexibility index (Phi) is 10.9. The van der Waals surface area contributed by atoms with Crippen LogP contribution in [0.2, 0.25) is 0 Å². The van der Waals surface area contributed by atoms with Crippen LogP contribution in [-0.2, 0) is 27.2 Å². The Morgan fingerprint density at radius 3 is 2.42 bits per heavy atom. The molecule has 166 valence electrons. The predicted molar refractivity (Wildman–Crippen MR) is 124 cm³/mol. The molecule has 6 nitrogen and oxygen atoms in total. The molecule has 1 amide bonds. The topological polar surface area (TPSA) is 93.8 Å². The maximum Gasteiger partial charge on any atom is 0.307 e. The van der Waals surface area contributed by atoms with E-state index in [0.29, 0.717) is 19.4 Å². The van der Waals surface area contributed by atoms with Crippen LogP contribution in [0.1, 0.15) is 55.7 Å². The number of hydrogen-bond acceptors (Lipinski definition) is 5. The largest absolute Gasteiger partial charge is 0.466 e. The maximum atomic E-state index is 12.4. The van der Waals surface area contributed by atoms with E-state index in [1.807, 2.05) is 30.3 Å². The highest BCUT2D eigenvalue weighted by molar-refractivity contribution is 5.79. The number of esters is 1. The Bertz CT molecular complexity index is 820. The molecule has 0 heterocycles. The summed E-state index contributed by atoms with van der Waals surface area (Å²) in [6.45, 7) is 2.13. The quantitative estimate of drug-likeness (QED) is 0.169. The van der Waals surface area contributed by atoms with E-state index in [1.165, 1.54) is 11.1 Å². The summed E-state index contributed by atoms with van der Waals surface area (Å²) in [6, 6.07) is 17.9. The molecule has 0 aliphatic carbocycles. The van der Waals surface area contributed by atoms with Gasteiger partial charge in [0.1, 0.15) is 0 Å². The van der Waals surface area contributed by atoms with Gasteiger partial charge in [-0.1, -0.05) is 54.6 Å². The third-order valence-electron chi connectivity index (χ3n) is 5.03. The second-order valence-corrected chi connectivity index (χ2v) is 7.52. The van der Waals surface area contributed by atoms with Gasteiger partial charge < -0.3 is 15.9 Å². The third kappa shape index (κ3) is 9.94. The van der Waals surface area contributed by atoms with Gasteiger partial charge in [0.05, 0.1) is 19.2 Å². The zero-order valence-electron chi connectivity index (χ0n) is 18.3. The summed E-state index contributed by atoms with van der Waals surface area (Å²) in [4.78, 5) is 24.4. The van der Waals surface area contributed by atoms with Gasteiger partial charge in [-0.2, -0.15) is 5.10 Å². The predicted octanol–water partition coefficient (Wildman–Crippen LogP) is 3.76. The Morgan fingerprint density at radius 2 is 1.74 bits per heavy atom. The highest BCUT2D eigenvalue weighted by Crippen LogP contribution is 2.11. The van der Waals surface area contributed by atoms with E-state index in [2.05, 4.69) is 34.7 Å². The van der Waals surface area contributed by atoms with E-state index in [1.54, 1.807) is 13.1 Å². The van der Waals surface area contributed by atoms with Crippen LogP contribution in [0.3, 0.4) is 0 Å². The van der Waals surface area contributed by atoms with Gasteiger partial charge in [-0.15, -0.1) is 0 Å². The van der Waals surface area contributed by atoms with Crippen molar-refractivity contribution in [1.82, 2.24) is 5.32 Å². The molecule has 0 aromatic heterocycles. The number of hydrogen-bond donors (Lipinski definition) is 2. The van der Waals surface area contributed by atoms with E-state index in [-0.39, 0.29) is 24.3 Å². The average Bonchev–Trinajstić information content (AvgIpc) is 2.77. The first kappa shape index (κ1) is 24.1. The zero-order valence-corrected chi connectivity index (χ0v) is 18.3. The number of nitrogens with zero attached hydrogens (tertiary/aromatic N) is 1. The number of aryl methyl sites for hydroxylation is 2. The smallest absolute Gasteiger partial charge is 0.307 e. The fourth-order valence-electron chi connectivity index (χ4n) is 3.40.